The summed E-state index contributed by atoms with van der Waals surface area (Å²) in [6, 6.07) is 0. The highest BCUT2D eigenvalue weighted by molar-refractivity contribution is 5.78. The van der Waals surface area contributed by atoms with Crippen LogP contribution in [0.5, 0.6) is 0 Å². The van der Waals surface area contributed by atoms with Gasteiger partial charge in [-0.05, 0) is 19.9 Å². The smallest absolute Gasteiger partial charge is 0.418 e. The van der Waals surface area contributed by atoms with Crippen LogP contribution in [0, 0.1) is 0 Å². The summed E-state index contributed by atoms with van der Waals surface area (Å²) in [5.74, 6) is -0.636. The standard InChI is InChI=1S/C8H11O4/c1-4-7(11-5-9)8(10)12-6(2)3/h4,6-7H,1H2,2-3H3. The Labute approximate surface area is 71.2 Å². The van der Waals surface area contributed by atoms with Crippen molar-refractivity contribution in [1.29, 1.82) is 0 Å². The topological polar surface area (TPSA) is 52.6 Å². The van der Waals surface area contributed by atoms with E-state index >= 15 is 0 Å². The monoisotopic (exact) mass is 171 g/mol. The van der Waals surface area contributed by atoms with Crippen LogP contribution in [-0.4, -0.2) is 24.6 Å². The third kappa shape index (κ3) is 3.75. The molecule has 1 unspecified atom stereocenters. The highest BCUT2D eigenvalue weighted by atomic mass is 16.6. The average molecular weight is 171 g/mol. The molecule has 0 spiro atoms. The number of hydrogen-bond donors (Lipinski definition) is 0. The highest BCUT2D eigenvalue weighted by Gasteiger charge is 2.18. The van der Waals surface area contributed by atoms with Crippen molar-refractivity contribution in [3.05, 3.63) is 12.7 Å². The van der Waals surface area contributed by atoms with E-state index in [9.17, 15) is 9.59 Å². The molecule has 0 amide bonds. The summed E-state index contributed by atoms with van der Waals surface area (Å²) in [6.07, 6.45) is -0.115. The molecule has 0 rings (SSSR count). The van der Waals surface area contributed by atoms with Crippen molar-refractivity contribution in [1.82, 2.24) is 0 Å². The number of rotatable bonds is 5. The first-order valence-electron chi connectivity index (χ1n) is 3.47. The van der Waals surface area contributed by atoms with E-state index in [4.69, 9.17) is 4.74 Å². The molecule has 0 aromatic rings. The number of ether oxygens (including phenoxy) is 2. The summed E-state index contributed by atoms with van der Waals surface area (Å²) < 4.78 is 9.00. The Morgan fingerprint density at radius 3 is 2.50 bits per heavy atom. The van der Waals surface area contributed by atoms with E-state index in [1.54, 1.807) is 13.8 Å². The van der Waals surface area contributed by atoms with E-state index in [1.165, 1.54) is 6.08 Å². The molecule has 4 heteroatoms. The van der Waals surface area contributed by atoms with Crippen LogP contribution in [-0.2, 0) is 19.1 Å². The molecular weight excluding hydrogens is 160 g/mol. The predicted molar refractivity (Wildman–Crippen MR) is 42.0 cm³/mol. The summed E-state index contributed by atoms with van der Waals surface area (Å²) in [4.78, 5) is 20.7. The van der Waals surface area contributed by atoms with Gasteiger partial charge < -0.3 is 9.47 Å². The summed E-state index contributed by atoms with van der Waals surface area (Å²) >= 11 is 0. The fourth-order valence-corrected chi connectivity index (χ4v) is 0.544. The first-order chi connectivity index (χ1) is 5.61. The van der Waals surface area contributed by atoms with Crippen molar-refractivity contribution in [2.45, 2.75) is 26.1 Å². The largest absolute Gasteiger partial charge is 0.460 e. The van der Waals surface area contributed by atoms with Gasteiger partial charge in [-0.25, -0.2) is 9.59 Å². The molecule has 1 radical (unpaired) electrons. The van der Waals surface area contributed by atoms with E-state index < -0.39 is 12.1 Å². The fraction of sp³-hybridized carbons (Fsp3) is 0.500. The molecule has 0 saturated heterocycles. The van der Waals surface area contributed by atoms with E-state index in [0.29, 0.717) is 0 Å². The lowest BCUT2D eigenvalue weighted by molar-refractivity contribution is -0.154. The van der Waals surface area contributed by atoms with E-state index in [2.05, 4.69) is 11.3 Å². The molecular formula is C8H11O4. The van der Waals surface area contributed by atoms with Gasteiger partial charge in [-0.2, -0.15) is 0 Å². The zero-order chi connectivity index (χ0) is 9.56. The molecule has 1 atom stereocenters. The number of carbonyl (C=O) groups excluding carboxylic acids is 2. The molecule has 0 saturated carbocycles. The Balaban J connectivity index is 4.02. The third-order valence-corrected chi connectivity index (χ3v) is 0.973. The van der Waals surface area contributed by atoms with Crippen molar-refractivity contribution in [3.8, 4) is 0 Å². The predicted octanol–water partition coefficient (Wildman–Crippen LogP) is 0.576. The lowest BCUT2D eigenvalue weighted by Gasteiger charge is -2.11. The average Bonchev–Trinajstić information content (AvgIpc) is 1.98. The van der Waals surface area contributed by atoms with Crippen LogP contribution in [0.4, 0.5) is 0 Å². The zero-order valence-corrected chi connectivity index (χ0v) is 7.07. The van der Waals surface area contributed by atoms with Gasteiger partial charge in [-0.1, -0.05) is 6.58 Å². The quantitative estimate of drug-likeness (QED) is 0.448. The van der Waals surface area contributed by atoms with Gasteiger partial charge in [0.15, 0.2) is 0 Å². The van der Waals surface area contributed by atoms with Crippen LogP contribution in [0.15, 0.2) is 12.7 Å². The van der Waals surface area contributed by atoms with Crippen LogP contribution in [0.1, 0.15) is 13.8 Å². The number of hydrogen-bond acceptors (Lipinski definition) is 4. The lowest BCUT2D eigenvalue weighted by Crippen LogP contribution is -2.26. The van der Waals surface area contributed by atoms with Crippen molar-refractivity contribution in [2.75, 3.05) is 0 Å². The van der Waals surface area contributed by atoms with Crippen molar-refractivity contribution in [3.63, 3.8) is 0 Å². The second-order valence-corrected chi connectivity index (χ2v) is 2.34. The molecule has 0 aliphatic heterocycles. The van der Waals surface area contributed by atoms with Gasteiger partial charge >= 0.3 is 12.4 Å². The Morgan fingerprint density at radius 2 is 2.17 bits per heavy atom. The van der Waals surface area contributed by atoms with Gasteiger partial charge in [-0.3, -0.25) is 0 Å². The van der Waals surface area contributed by atoms with Gasteiger partial charge in [0.25, 0.3) is 0 Å². The van der Waals surface area contributed by atoms with E-state index in [0.717, 1.165) is 6.47 Å². The van der Waals surface area contributed by atoms with E-state index in [-0.39, 0.29) is 6.10 Å². The number of esters is 1. The minimum absolute atomic E-state index is 0.241. The molecule has 0 aromatic carbocycles. The van der Waals surface area contributed by atoms with Gasteiger partial charge in [0.2, 0.25) is 6.10 Å². The summed E-state index contributed by atoms with van der Waals surface area (Å²) in [5, 5.41) is 0. The molecule has 0 aromatic heterocycles. The SMILES string of the molecule is C=CC(O[C]=O)C(=O)OC(C)C. The van der Waals surface area contributed by atoms with Crippen LogP contribution >= 0.6 is 0 Å². The second-order valence-electron chi connectivity index (χ2n) is 2.34. The first kappa shape index (κ1) is 10.7. The minimum Gasteiger partial charge on any atom is -0.460 e. The van der Waals surface area contributed by atoms with Gasteiger partial charge in [-0.15, -0.1) is 0 Å². The van der Waals surface area contributed by atoms with Crippen molar-refractivity contribution < 1.29 is 19.1 Å². The summed E-state index contributed by atoms with van der Waals surface area (Å²) in [7, 11) is 0. The molecule has 12 heavy (non-hydrogen) atoms. The molecule has 0 fully saturated rings. The zero-order valence-electron chi connectivity index (χ0n) is 7.07. The maximum absolute atomic E-state index is 11.0. The van der Waals surface area contributed by atoms with Crippen molar-refractivity contribution >= 4 is 12.4 Å². The minimum atomic E-state index is -1.05. The molecule has 0 heterocycles. The molecule has 0 bridgehead atoms. The Bertz CT molecular complexity index is 174. The maximum atomic E-state index is 11.0. The molecule has 0 aliphatic carbocycles. The molecule has 0 aliphatic rings. The van der Waals surface area contributed by atoms with Crippen LogP contribution < -0.4 is 0 Å². The van der Waals surface area contributed by atoms with Crippen molar-refractivity contribution in [2.24, 2.45) is 0 Å². The maximum Gasteiger partial charge on any atom is 0.418 e. The van der Waals surface area contributed by atoms with Gasteiger partial charge in [0.1, 0.15) is 0 Å². The van der Waals surface area contributed by atoms with Gasteiger partial charge in [0, 0.05) is 0 Å². The summed E-state index contributed by atoms with van der Waals surface area (Å²) in [5.41, 5.74) is 0. The Kier molecular flexibility index (Phi) is 4.76. The van der Waals surface area contributed by atoms with E-state index in [1.807, 2.05) is 0 Å². The highest BCUT2D eigenvalue weighted by Crippen LogP contribution is 1.98. The van der Waals surface area contributed by atoms with Gasteiger partial charge in [0.05, 0.1) is 6.10 Å². The van der Waals surface area contributed by atoms with Crippen LogP contribution in [0.25, 0.3) is 0 Å². The lowest BCUT2D eigenvalue weighted by atomic mass is 10.3. The first-order valence-corrected chi connectivity index (χ1v) is 3.47. The van der Waals surface area contributed by atoms with Crippen LogP contribution in [0.2, 0.25) is 0 Å². The third-order valence-electron chi connectivity index (χ3n) is 0.973. The normalized spacial score (nSPS) is 11.9. The Hall–Kier alpha value is -1.32. The molecule has 4 nitrogen and oxygen atoms in total. The molecule has 0 N–H and O–H groups in total. The fourth-order valence-electron chi connectivity index (χ4n) is 0.544. The van der Waals surface area contributed by atoms with Crippen LogP contribution in [0.3, 0.4) is 0 Å². The summed E-state index contributed by atoms with van der Waals surface area (Å²) in [6.45, 7) is 7.85. The Morgan fingerprint density at radius 1 is 1.58 bits per heavy atom. The second kappa shape index (κ2) is 5.35. The molecule has 67 valence electrons. The number of carbonyl (C=O) groups is 1.